The zero-order chi connectivity index (χ0) is 21.4. The van der Waals surface area contributed by atoms with Crippen LogP contribution >= 0.6 is 0 Å². The summed E-state index contributed by atoms with van der Waals surface area (Å²) in [6, 6.07) is 5.64. The third kappa shape index (κ3) is 4.18. The lowest BCUT2D eigenvalue weighted by atomic mass is 10.2. The quantitative estimate of drug-likeness (QED) is 0.565. The Labute approximate surface area is 179 Å². The first-order chi connectivity index (χ1) is 15.0. The Morgan fingerprint density at radius 3 is 2.26 bits per heavy atom. The summed E-state index contributed by atoms with van der Waals surface area (Å²) in [7, 11) is -3.21. The number of benzene rings is 1. The maximum absolute atomic E-state index is 11.8. The highest BCUT2D eigenvalue weighted by atomic mass is 32.2. The molecule has 0 atom stereocenters. The zero-order valence-corrected chi connectivity index (χ0v) is 18.0. The minimum atomic E-state index is -3.21. The van der Waals surface area contributed by atoms with Crippen LogP contribution in [0.4, 0.5) is 11.9 Å². The molecular weight excluding hydrogens is 422 g/mol. The van der Waals surface area contributed by atoms with Crippen LogP contribution < -0.4 is 9.80 Å². The van der Waals surface area contributed by atoms with Crippen molar-refractivity contribution in [3.63, 3.8) is 0 Å². The van der Waals surface area contributed by atoms with Crippen molar-refractivity contribution in [2.75, 3.05) is 68.5 Å². The third-order valence-electron chi connectivity index (χ3n) is 5.48. The van der Waals surface area contributed by atoms with Crippen molar-refractivity contribution in [1.82, 2.24) is 24.2 Å². The van der Waals surface area contributed by atoms with Crippen molar-refractivity contribution in [3.8, 4) is 11.4 Å². The largest absolute Gasteiger partial charge is 0.443 e. The van der Waals surface area contributed by atoms with E-state index in [1.54, 1.807) is 0 Å². The molecule has 2 aliphatic rings. The van der Waals surface area contributed by atoms with Gasteiger partial charge in [-0.2, -0.15) is 19.3 Å². The van der Waals surface area contributed by atoms with Gasteiger partial charge in [-0.15, -0.1) is 0 Å². The molecule has 2 fully saturated rings. The maximum Gasteiger partial charge on any atom is 0.230 e. The molecular formula is C19H23N7O4S. The molecule has 0 N–H and O–H groups in total. The molecule has 4 heterocycles. The van der Waals surface area contributed by atoms with Crippen molar-refractivity contribution in [3.05, 3.63) is 24.6 Å². The molecule has 2 aromatic heterocycles. The normalized spacial score (nSPS) is 18.6. The number of anilines is 2. The Bertz CT molecular complexity index is 1180. The lowest BCUT2D eigenvalue weighted by molar-refractivity contribution is 0.122. The van der Waals surface area contributed by atoms with Gasteiger partial charge in [0.05, 0.1) is 19.5 Å². The van der Waals surface area contributed by atoms with Gasteiger partial charge in [-0.25, -0.2) is 13.4 Å². The molecule has 5 rings (SSSR count). The van der Waals surface area contributed by atoms with Crippen molar-refractivity contribution >= 4 is 33.0 Å². The minimum absolute atomic E-state index is 0.400. The standard InChI is InChI=1S/C19H23N7O4S/c1-31(27,28)26-6-4-24(5-7-26)18-21-17(14-2-3-16-15(12-14)20-13-30-16)22-19(23-18)25-8-10-29-11-9-25/h2-3,12-13H,4-11H2,1H3. The molecule has 0 amide bonds. The topological polar surface area (TPSA) is 118 Å². The van der Waals surface area contributed by atoms with Crippen LogP contribution in [0.2, 0.25) is 0 Å². The number of hydrogen-bond donors (Lipinski definition) is 0. The summed E-state index contributed by atoms with van der Waals surface area (Å²) in [4.78, 5) is 22.5. The second-order valence-corrected chi connectivity index (χ2v) is 9.52. The second kappa shape index (κ2) is 8.02. The van der Waals surface area contributed by atoms with E-state index in [-0.39, 0.29) is 0 Å². The van der Waals surface area contributed by atoms with Crippen molar-refractivity contribution in [2.45, 2.75) is 0 Å². The molecule has 0 unspecified atom stereocenters. The van der Waals surface area contributed by atoms with Gasteiger partial charge in [0, 0.05) is 44.8 Å². The van der Waals surface area contributed by atoms with E-state index < -0.39 is 10.0 Å². The van der Waals surface area contributed by atoms with Crippen LogP contribution in [0.15, 0.2) is 29.0 Å². The summed E-state index contributed by atoms with van der Waals surface area (Å²) < 4.78 is 36.0. The van der Waals surface area contributed by atoms with Crippen molar-refractivity contribution < 1.29 is 17.6 Å². The SMILES string of the molecule is CS(=O)(=O)N1CCN(c2nc(-c3ccc4ocnc4c3)nc(N3CCOCC3)n2)CC1. The van der Waals surface area contributed by atoms with Crippen LogP contribution in [0.3, 0.4) is 0 Å². The number of nitrogens with zero attached hydrogens (tertiary/aromatic N) is 7. The summed E-state index contributed by atoms with van der Waals surface area (Å²) in [6.45, 7) is 4.47. The number of hydrogen-bond acceptors (Lipinski definition) is 10. The molecule has 0 spiro atoms. The van der Waals surface area contributed by atoms with Gasteiger partial charge in [-0.1, -0.05) is 0 Å². The highest BCUT2D eigenvalue weighted by molar-refractivity contribution is 7.88. The van der Waals surface area contributed by atoms with Crippen LogP contribution in [-0.4, -0.2) is 91.4 Å². The number of morpholine rings is 1. The lowest BCUT2D eigenvalue weighted by Crippen LogP contribution is -2.49. The van der Waals surface area contributed by atoms with Crippen LogP contribution in [0.1, 0.15) is 0 Å². The number of aromatic nitrogens is 4. The second-order valence-electron chi connectivity index (χ2n) is 7.54. The van der Waals surface area contributed by atoms with E-state index in [4.69, 9.17) is 24.1 Å². The maximum atomic E-state index is 11.8. The molecule has 12 heteroatoms. The molecule has 0 aliphatic carbocycles. The Hall–Kier alpha value is -2.83. The van der Waals surface area contributed by atoms with E-state index in [1.165, 1.54) is 17.0 Å². The van der Waals surface area contributed by atoms with Gasteiger partial charge in [-0.3, -0.25) is 0 Å². The summed E-state index contributed by atoms with van der Waals surface area (Å²) in [5.41, 5.74) is 2.24. The fourth-order valence-corrected chi connectivity index (χ4v) is 4.57. The van der Waals surface area contributed by atoms with Gasteiger partial charge in [0.2, 0.25) is 21.9 Å². The minimum Gasteiger partial charge on any atom is -0.443 e. The number of fused-ring (bicyclic) bond motifs is 1. The Morgan fingerprint density at radius 2 is 1.58 bits per heavy atom. The van der Waals surface area contributed by atoms with E-state index in [0.717, 1.165) is 11.1 Å². The van der Waals surface area contributed by atoms with Gasteiger partial charge in [-0.05, 0) is 18.2 Å². The Morgan fingerprint density at radius 1 is 0.903 bits per heavy atom. The number of rotatable bonds is 4. The van der Waals surface area contributed by atoms with Gasteiger partial charge in [0.25, 0.3) is 0 Å². The van der Waals surface area contributed by atoms with E-state index in [0.29, 0.717) is 75.8 Å². The summed E-state index contributed by atoms with van der Waals surface area (Å²) in [5.74, 6) is 1.68. The highest BCUT2D eigenvalue weighted by Gasteiger charge is 2.26. The van der Waals surface area contributed by atoms with Crippen LogP contribution in [0.25, 0.3) is 22.5 Å². The molecule has 0 radical (unpaired) electrons. The summed E-state index contributed by atoms with van der Waals surface area (Å²) >= 11 is 0. The van der Waals surface area contributed by atoms with Crippen molar-refractivity contribution in [2.24, 2.45) is 0 Å². The van der Waals surface area contributed by atoms with Gasteiger partial charge >= 0.3 is 0 Å². The molecule has 11 nitrogen and oxygen atoms in total. The van der Waals surface area contributed by atoms with Gasteiger partial charge in [0.15, 0.2) is 17.8 Å². The number of oxazole rings is 1. The van der Waals surface area contributed by atoms with Gasteiger partial charge in [0.1, 0.15) is 5.52 Å². The lowest BCUT2D eigenvalue weighted by Gasteiger charge is -2.34. The molecule has 164 valence electrons. The zero-order valence-electron chi connectivity index (χ0n) is 17.1. The Balaban J connectivity index is 1.50. The molecule has 1 aromatic carbocycles. The average molecular weight is 446 g/mol. The molecule has 0 bridgehead atoms. The molecule has 2 aliphatic heterocycles. The monoisotopic (exact) mass is 445 g/mol. The number of sulfonamides is 1. The van der Waals surface area contributed by atoms with E-state index in [9.17, 15) is 8.42 Å². The predicted octanol–water partition coefficient (Wildman–Crippen LogP) is 0.598. The van der Waals surface area contributed by atoms with Crippen molar-refractivity contribution in [1.29, 1.82) is 0 Å². The fourth-order valence-electron chi connectivity index (χ4n) is 3.75. The number of piperazine rings is 1. The first-order valence-electron chi connectivity index (χ1n) is 10.1. The van der Waals surface area contributed by atoms with E-state index in [1.807, 2.05) is 23.1 Å². The molecule has 31 heavy (non-hydrogen) atoms. The average Bonchev–Trinajstić information content (AvgIpc) is 3.27. The predicted molar refractivity (Wildman–Crippen MR) is 114 cm³/mol. The summed E-state index contributed by atoms with van der Waals surface area (Å²) in [5, 5.41) is 0. The number of ether oxygens (including phenoxy) is 1. The van der Waals surface area contributed by atoms with Crippen LogP contribution in [0, 0.1) is 0 Å². The van der Waals surface area contributed by atoms with E-state index in [2.05, 4.69) is 9.88 Å². The Kier molecular flexibility index (Phi) is 5.20. The smallest absolute Gasteiger partial charge is 0.230 e. The van der Waals surface area contributed by atoms with Crippen LogP contribution in [-0.2, 0) is 14.8 Å². The molecule has 2 saturated heterocycles. The van der Waals surface area contributed by atoms with E-state index >= 15 is 0 Å². The first kappa shape index (κ1) is 20.1. The molecule has 0 saturated carbocycles. The van der Waals surface area contributed by atoms with Crippen LogP contribution in [0.5, 0.6) is 0 Å². The third-order valence-corrected chi connectivity index (χ3v) is 6.79. The first-order valence-corrected chi connectivity index (χ1v) is 11.9. The highest BCUT2D eigenvalue weighted by Crippen LogP contribution is 2.25. The summed E-state index contributed by atoms with van der Waals surface area (Å²) in [6.07, 6.45) is 2.65. The van der Waals surface area contributed by atoms with Gasteiger partial charge < -0.3 is 19.0 Å². The fraction of sp³-hybridized carbons (Fsp3) is 0.474. The molecule has 3 aromatic rings.